The number of hydrogen-bond acceptors (Lipinski definition) is 4. The van der Waals surface area contributed by atoms with Gasteiger partial charge in [0.05, 0.1) is 11.5 Å². The van der Waals surface area contributed by atoms with E-state index >= 15 is 0 Å². The summed E-state index contributed by atoms with van der Waals surface area (Å²) in [4.78, 5) is 38.0. The number of carbonyl (C=O) groups is 3. The van der Waals surface area contributed by atoms with E-state index in [4.69, 9.17) is 0 Å². The maximum atomic E-state index is 12.8. The molecule has 1 aliphatic heterocycles. The van der Waals surface area contributed by atoms with Crippen LogP contribution in [-0.4, -0.2) is 46.9 Å². The number of carbonyl (C=O) groups excluding carboxylic acids is 3. The summed E-state index contributed by atoms with van der Waals surface area (Å²) in [5.74, 6) is -1.26. The van der Waals surface area contributed by atoms with Gasteiger partial charge in [0.1, 0.15) is 5.75 Å². The second kappa shape index (κ2) is 8.51. The number of likely N-dealkylation sites (tertiary alicyclic amines) is 1. The normalized spacial score (nSPS) is 16.9. The molecular weight excluding hydrogens is 334 g/mol. The molecule has 0 unspecified atom stereocenters. The van der Waals surface area contributed by atoms with E-state index in [2.05, 4.69) is 17.2 Å². The van der Waals surface area contributed by atoms with E-state index in [0.717, 1.165) is 18.9 Å². The summed E-state index contributed by atoms with van der Waals surface area (Å²) < 4.78 is 0. The molecule has 1 saturated heterocycles. The predicted molar refractivity (Wildman–Crippen MR) is 98.8 cm³/mol. The van der Waals surface area contributed by atoms with Crippen molar-refractivity contribution in [3.05, 3.63) is 36.4 Å². The molecule has 1 aliphatic rings. The lowest BCUT2D eigenvalue weighted by Crippen LogP contribution is -2.46. The van der Waals surface area contributed by atoms with Gasteiger partial charge in [0.15, 0.2) is 0 Å². The summed E-state index contributed by atoms with van der Waals surface area (Å²) in [5.41, 5.74) is 0.485. The average Bonchev–Trinajstić information content (AvgIpc) is 2.62. The Hall–Kier alpha value is -2.83. The number of rotatable bonds is 5. The van der Waals surface area contributed by atoms with Crippen LogP contribution in [0.15, 0.2) is 30.9 Å². The molecule has 1 heterocycles. The number of amides is 3. The number of phenols is 1. The highest BCUT2D eigenvalue weighted by Gasteiger charge is 2.30. The first-order valence-electron chi connectivity index (χ1n) is 8.68. The third-order valence-corrected chi connectivity index (χ3v) is 4.19. The number of benzene rings is 1. The number of nitrogens with one attached hydrogen (secondary N) is 2. The van der Waals surface area contributed by atoms with Crippen molar-refractivity contribution in [2.45, 2.75) is 32.7 Å². The number of hydrogen-bond donors (Lipinski definition) is 3. The Morgan fingerprint density at radius 3 is 2.73 bits per heavy atom. The fourth-order valence-electron chi connectivity index (χ4n) is 2.93. The second-order valence-corrected chi connectivity index (χ2v) is 6.68. The van der Waals surface area contributed by atoms with Crippen LogP contribution in [0.25, 0.3) is 0 Å². The van der Waals surface area contributed by atoms with Crippen LogP contribution in [0.4, 0.5) is 5.69 Å². The van der Waals surface area contributed by atoms with Crippen LogP contribution in [0.3, 0.4) is 0 Å². The molecule has 7 nitrogen and oxygen atoms in total. The van der Waals surface area contributed by atoms with Crippen LogP contribution in [0, 0.1) is 5.92 Å². The summed E-state index contributed by atoms with van der Waals surface area (Å²) in [6.07, 6.45) is 2.57. The molecule has 3 amide bonds. The minimum Gasteiger partial charge on any atom is -0.507 e. The largest absolute Gasteiger partial charge is 0.507 e. The van der Waals surface area contributed by atoms with E-state index in [1.165, 1.54) is 18.2 Å². The van der Waals surface area contributed by atoms with Crippen molar-refractivity contribution in [1.29, 1.82) is 0 Å². The summed E-state index contributed by atoms with van der Waals surface area (Å²) >= 11 is 0. The summed E-state index contributed by atoms with van der Waals surface area (Å²) in [6, 6.07) is 4.33. The van der Waals surface area contributed by atoms with Gasteiger partial charge in [-0.05, 0) is 51.0 Å². The zero-order chi connectivity index (χ0) is 19.3. The highest BCUT2D eigenvalue weighted by atomic mass is 16.3. The number of phenolic OH excluding ortho intramolecular Hbond substituents is 1. The molecule has 0 aliphatic carbocycles. The molecule has 3 N–H and O–H groups in total. The molecule has 0 saturated carbocycles. The van der Waals surface area contributed by atoms with Crippen LogP contribution < -0.4 is 10.6 Å². The van der Waals surface area contributed by atoms with Gasteiger partial charge < -0.3 is 20.6 Å². The first-order valence-corrected chi connectivity index (χ1v) is 8.68. The van der Waals surface area contributed by atoms with Gasteiger partial charge in [0, 0.05) is 24.8 Å². The molecule has 1 aromatic rings. The number of nitrogens with zero attached hydrogens (tertiary/aromatic N) is 1. The fraction of sp³-hybridized carbons (Fsp3) is 0.421. The third kappa shape index (κ3) is 4.84. The van der Waals surface area contributed by atoms with E-state index in [0.29, 0.717) is 18.8 Å². The third-order valence-electron chi connectivity index (χ3n) is 4.19. The van der Waals surface area contributed by atoms with Crippen molar-refractivity contribution in [2.24, 2.45) is 5.92 Å². The van der Waals surface area contributed by atoms with Gasteiger partial charge in [-0.1, -0.05) is 6.58 Å². The van der Waals surface area contributed by atoms with Crippen LogP contribution in [0.1, 0.15) is 37.0 Å². The molecule has 7 heteroatoms. The van der Waals surface area contributed by atoms with Gasteiger partial charge in [-0.2, -0.15) is 0 Å². The van der Waals surface area contributed by atoms with Gasteiger partial charge >= 0.3 is 0 Å². The SMILES string of the molecule is C=CC(=O)Nc1ccc(O)c(C(=O)N2CCC[C@@H](C(=O)NC(C)C)C2)c1. The van der Waals surface area contributed by atoms with Gasteiger partial charge in [-0.3, -0.25) is 14.4 Å². The molecule has 0 aromatic heterocycles. The highest BCUT2D eigenvalue weighted by molar-refractivity contribution is 6.02. The number of anilines is 1. The zero-order valence-electron chi connectivity index (χ0n) is 15.1. The Morgan fingerprint density at radius 1 is 1.35 bits per heavy atom. The number of aromatic hydroxyl groups is 1. The van der Waals surface area contributed by atoms with E-state index in [9.17, 15) is 19.5 Å². The first-order chi connectivity index (χ1) is 12.3. The average molecular weight is 359 g/mol. The summed E-state index contributed by atoms with van der Waals surface area (Å²) in [5, 5.41) is 15.5. The summed E-state index contributed by atoms with van der Waals surface area (Å²) in [7, 11) is 0. The van der Waals surface area contributed by atoms with Crippen molar-refractivity contribution < 1.29 is 19.5 Å². The Morgan fingerprint density at radius 2 is 2.08 bits per heavy atom. The van der Waals surface area contributed by atoms with Crippen molar-refractivity contribution in [2.75, 3.05) is 18.4 Å². The maximum absolute atomic E-state index is 12.8. The molecule has 0 bridgehead atoms. The van der Waals surface area contributed by atoms with Gasteiger partial charge in [0.25, 0.3) is 5.91 Å². The number of piperidine rings is 1. The minimum absolute atomic E-state index is 0.0442. The Bertz CT molecular complexity index is 715. The van der Waals surface area contributed by atoms with Crippen molar-refractivity contribution in [3.63, 3.8) is 0 Å². The molecule has 140 valence electrons. The lowest BCUT2D eigenvalue weighted by molar-refractivity contribution is -0.126. The Kier molecular flexibility index (Phi) is 6.38. The minimum atomic E-state index is -0.405. The zero-order valence-corrected chi connectivity index (χ0v) is 15.1. The quantitative estimate of drug-likeness (QED) is 0.552. The molecule has 0 radical (unpaired) electrons. The Labute approximate surface area is 153 Å². The Balaban J connectivity index is 2.14. The lowest BCUT2D eigenvalue weighted by atomic mass is 9.96. The van der Waals surface area contributed by atoms with E-state index < -0.39 is 5.91 Å². The molecule has 1 aromatic carbocycles. The molecule has 1 atom stereocenters. The van der Waals surface area contributed by atoms with E-state index in [-0.39, 0.29) is 35.1 Å². The van der Waals surface area contributed by atoms with Gasteiger partial charge in [0.2, 0.25) is 11.8 Å². The molecule has 1 fully saturated rings. The maximum Gasteiger partial charge on any atom is 0.257 e. The van der Waals surface area contributed by atoms with Crippen LogP contribution in [-0.2, 0) is 9.59 Å². The molecule has 2 rings (SSSR count). The van der Waals surface area contributed by atoms with Crippen LogP contribution >= 0.6 is 0 Å². The fourth-order valence-corrected chi connectivity index (χ4v) is 2.93. The van der Waals surface area contributed by atoms with Crippen molar-refractivity contribution in [1.82, 2.24) is 10.2 Å². The van der Waals surface area contributed by atoms with Gasteiger partial charge in [-0.15, -0.1) is 0 Å². The van der Waals surface area contributed by atoms with E-state index in [1.807, 2.05) is 13.8 Å². The monoisotopic (exact) mass is 359 g/mol. The lowest BCUT2D eigenvalue weighted by Gasteiger charge is -2.32. The standard InChI is InChI=1S/C19H25N3O4/c1-4-17(24)21-14-7-8-16(23)15(10-14)19(26)22-9-5-6-13(11-22)18(25)20-12(2)3/h4,7-8,10,12-13,23H,1,5-6,9,11H2,2-3H3,(H,20,25)(H,21,24)/t13-/m1/s1. The highest BCUT2D eigenvalue weighted by Crippen LogP contribution is 2.26. The molecule has 0 spiro atoms. The van der Waals surface area contributed by atoms with Crippen LogP contribution in [0.5, 0.6) is 5.75 Å². The second-order valence-electron chi connectivity index (χ2n) is 6.68. The van der Waals surface area contributed by atoms with Crippen molar-refractivity contribution in [3.8, 4) is 5.75 Å². The van der Waals surface area contributed by atoms with Crippen molar-refractivity contribution >= 4 is 23.4 Å². The predicted octanol–water partition coefficient (Wildman–Crippen LogP) is 1.89. The van der Waals surface area contributed by atoms with E-state index in [1.54, 1.807) is 4.90 Å². The first kappa shape index (κ1) is 19.5. The smallest absolute Gasteiger partial charge is 0.257 e. The van der Waals surface area contributed by atoms with Gasteiger partial charge in [-0.25, -0.2) is 0 Å². The van der Waals surface area contributed by atoms with Crippen LogP contribution in [0.2, 0.25) is 0 Å². The molecule has 26 heavy (non-hydrogen) atoms. The topological polar surface area (TPSA) is 98.7 Å². The summed E-state index contributed by atoms with van der Waals surface area (Å²) in [6.45, 7) is 7.99. The molecular formula is C19H25N3O4.